The van der Waals surface area contributed by atoms with Crippen LogP contribution in [0.5, 0.6) is 0 Å². The molecule has 1 aliphatic rings. The minimum absolute atomic E-state index is 0.204. The molecule has 1 fully saturated rings. The number of benzene rings is 1. The lowest BCUT2D eigenvalue weighted by Crippen LogP contribution is -2.22. The van der Waals surface area contributed by atoms with Crippen molar-refractivity contribution >= 4 is 0 Å². The maximum absolute atomic E-state index is 5.72. The molecule has 14 heavy (non-hydrogen) atoms. The molecule has 1 aliphatic heterocycles. The lowest BCUT2D eigenvalue weighted by Gasteiger charge is -2.15. The molecule has 0 saturated carbocycles. The zero-order valence-electron chi connectivity index (χ0n) is 8.91. The van der Waals surface area contributed by atoms with Gasteiger partial charge in [-0.2, -0.15) is 0 Å². The van der Waals surface area contributed by atoms with E-state index in [1.165, 1.54) is 0 Å². The minimum Gasteiger partial charge on any atom is -0.344 e. The predicted octanol–water partition coefficient (Wildman–Crippen LogP) is 2.68. The number of rotatable bonds is 3. The van der Waals surface area contributed by atoms with Crippen molar-refractivity contribution in [2.45, 2.75) is 32.2 Å². The Balaban J connectivity index is 2.31. The van der Waals surface area contributed by atoms with E-state index in [0.717, 1.165) is 5.56 Å². The molecule has 2 rings (SSSR count). The molecule has 0 aliphatic carbocycles. The summed E-state index contributed by atoms with van der Waals surface area (Å²) < 4.78 is 11.4. The van der Waals surface area contributed by atoms with Crippen LogP contribution in [-0.4, -0.2) is 12.2 Å². The molecule has 0 bridgehead atoms. The van der Waals surface area contributed by atoms with E-state index in [-0.39, 0.29) is 5.60 Å². The Kier molecular flexibility index (Phi) is 2.13. The highest BCUT2D eigenvalue weighted by molar-refractivity contribution is 5.29. The first-order valence-corrected chi connectivity index (χ1v) is 5.02. The van der Waals surface area contributed by atoms with Gasteiger partial charge >= 0.3 is 0 Å². The second kappa shape index (κ2) is 3.07. The number of hydrogen-bond acceptors (Lipinski definition) is 2. The van der Waals surface area contributed by atoms with E-state index in [4.69, 9.17) is 9.47 Å². The van der Waals surface area contributed by atoms with Crippen LogP contribution in [0.15, 0.2) is 30.3 Å². The molecule has 1 aromatic carbocycles. The maximum atomic E-state index is 5.72. The van der Waals surface area contributed by atoms with E-state index in [1.54, 1.807) is 0 Å². The Morgan fingerprint density at radius 1 is 1.21 bits per heavy atom. The summed E-state index contributed by atoms with van der Waals surface area (Å²) in [5, 5.41) is 0. The van der Waals surface area contributed by atoms with E-state index < -0.39 is 5.79 Å². The number of hydrogen-bond donors (Lipinski definition) is 0. The topological polar surface area (TPSA) is 21.8 Å². The Hall–Kier alpha value is -0.860. The van der Waals surface area contributed by atoms with Gasteiger partial charge in [-0.1, -0.05) is 30.3 Å². The van der Waals surface area contributed by atoms with Crippen LogP contribution >= 0.6 is 0 Å². The summed E-state index contributed by atoms with van der Waals surface area (Å²) in [7, 11) is 0. The highest BCUT2D eigenvalue weighted by atomic mass is 16.8. The summed E-state index contributed by atoms with van der Waals surface area (Å²) in [4.78, 5) is 0. The van der Waals surface area contributed by atoms with Gasteiger partial charge in [0.25, 0.3) is 0 Å². The first kappa shape index (κ1) is 9.69. The van der Waals surface area contributed by atoms with E-state index in [1.807, 2.05) is 37.3 Å². The summed E-state index contributed by atoms with van der Waals surface area (Å²) in [5.74, 6) is -0.511. The molecule has 1 heterocycles. The van der Waals surface area contributed by atoms with Crippen molar-refractivity contribution < 1.29 is 9.47 Å². The molecule has 2 nitrogen and oxygen atoms in total. The second-order valence-corrected chi connectivity index (χ2v) is 4.03. The lowest BCUT2D eigenvalue weighted by molar-refractivity contribution is -0.0428. The van der Waals surface area contributed by atoms with E-state index in [9.17, 15) is 0 Å². The summed E-state index contributed by atoms with van der Waals surface area (Å²) in [6, 6.07) is 10.1. The van der Waals surface area contributed by atoms with Crippen LogP contribution in [0.3, 0.4) is 0 Å². The molecule has 0 amide bonds. The first-order valence-electron chi connectivity index (χ1n) is 5.02. The lowest BCUT2D eigenvalue weighted by atomic mass is 9.99. The van der Waals surface area contributed by atoms with Gasteiger partial charge < -0.3 is 9.47 Å². The van der Waals surface area contributed by atoms with Gasteiger partial charge in [0.05, 0.1) is 0 Å². The second-order valence-electron chi connectivity index (χ2n) is 4.03. The van der Waals surface area contributed by atoms with Gasteiger partial charge in [-0.15, -0.1) is 0 Å². The largest absolute Gasteiger partial charge is 0.344 e. The Morgan fingerprint density at radius 2 is 1.79 bits per heavy atom. The Bertz CT molecular complexity index is 318. The molecule has 1 saturated heterocycles. The number of epoxide rings is 1. The van der Waals surface area contributed by atoms with Crippen LogP contribution in [0.1, 0.15) is 26.3 Å². The van der Waals surface area contributed by atoms with Gasteiger partial charge in [-0.25, -0.2) is 0 Å². The first-order chi connectivity index (χ1) is 6.62. The van der Waals surface area contributed by atoms with Crippen molar-refractivity contribution in [1.29, 1.82) is 0 Å². The van der Waals surface area contributed by atoms with Crippen molar-refractivity contribution in [3.63, 3.8) is 0 Å². The molecule has 0 spiro atoms. The fourth-order valence-electron chi connectivity index (χ4n) is 1.89. The maximum Gasteiger partial charge on any atom is 0.225 e. The molecule has 0 N–H and O–H groups in total. The molecule has 1 atom stereocenters. The number of ether oxygens (including phenoxy) is 2. The van der Waals surface area contributed by atoms with Gasteiger partial charge in [0.15, 0.2) is 0 Å². The van der Waals surface area contributed by atoms with Gasteiger partial charge in [0, 0.05) is 12.2 Å². The van der Waals surface area contributed by atoms with Crippen molar-refractivity contribution in [3.8, 4) is 0 Å². The van der Waals surface area contributed by atoms with Crippen LogP contribution in [0.2, 0.25) is 0 Å². The third-order valence-electron chi connectivity index (χ3n) is 2.65. The van der Waals surface area contributed by atoms with Gasteiger partial charge in [-0.3, -0.25) is 0 Å². The van der Waals surface area contributed by atoms with Gasteiger partial charge in [0.1, 0.15) is 5.60 Å². The van der Waals surface area contributed by atoms with Gasteiger partial charge in [-0.05, 0) is 20.8 Å². The molecular formula is C12H16O2. The monoisotopic (exact) mass is 192 g/mol. The van der Waals surface area contributed by atoms with Crippen LogP contribution < -0.4 is 0 Å². The molecule has 0 radical (unpaired) electrons. The van der Waals surface area contributed by atoms with Gasteiger partial charge in [0.2, 0.25) is 5.79 Å². The fourth-order valence-corrected chi connectivity index (χ4v) is 1.89. The zero-order chi connectivity index (χ0) is 10.2. The summed E-state index contributed by atoms with van der Waals surface area (Å²) in [6.07, 6.45) is 0. The smallest absolute Gasteiger partial charge is 0.225 e. The van der Waals surface area contributed by atoms with Crippen molar-refractivity contribution in [2.75, 3.05) is 6.61 Å². The minimum atomic E-state index is -0.511. The molecule has 1 aromatic rings. The molecule has 76 valence electrons. The van der Waals surface area contributed by atoms with Crippen LogP contribution in [-0.2, 0) is 15.3 Å². The van der Waals surface area contributed by atoms with E-state index in [0.29, 0.717) is 6.61 Å². The SMILES string of the molecule is CCOC1(c2ccccc2)OC1(C)C. The Labute approximate surface area is 84.8 Å². The van der Waals surface area contributed by atoms with Crippen LogP contribution in [0.25, 0.3) is 0 Å². The summed E-state index contributed by atoms with van der Waals surface area (Å²) in [6.45, 7) is 6.76. The predicted molar refractivity (Wildman–Crippen MR) is 54.9 cm³/mol. The highest BCUT2D eigenvalue weighted by Gasteiger charge is 2.66. The Morgan fingerprint density at radius 3 is 2.21 bits per heavy atom. The van der Waals surface area contributed by atoms with E-state index in [2.05, 4.69) is 13.8 Å². The molecular weight excluding hydrogens is 176 g/mol. The molecule has 0 aromatic heterocycles. The van der Waals surface area contributed by atoms with Crippen LogP contribution in [0.4, 0.5) is 0 Å². The third-order valence-corrected chi connectivity index (χ3v) is 2.65. The summed E-state index contributed by atoms with van der Waals surface area (Å²) in [5.41, 5.74) is 0.900. The standard InChI is InChI=1S/C12H16O2/c1-4-13-12(11(2,3)14-12)10-8-6-5-7-9-10/h5-9H,4H2,1-3H3. The van der Waals surface area contributed by atoms with E-state index >= 15 is 0 Å². The average molecular weight is 192 g/mol. The third kappa shape index (κ3) is 1.26. The normalized spacial score (nSPS) is 28.8. The quantitative estimate of drug-likeness (QED) is 0.687. The van der Waals surface area contributed by atoms with Crippen molar-refractivity contribution in [1.82, 2.24) is 0 Å². The zero-order valence-corrected chi connectivity index (χ0v) is 8.91. The summed E-state index contributed by atoms with van der Waals surface area (Å²) >= 11 is 0. The fraction of sp³-hybridized carbons (Fsp3) is 0.500. The van der Waals surface area contributed by atoms with Crippen molar-refractivity contribution in [2.24, 2.45) is 0 Å². The molecule has 1 unspecified atom stereocenters. The molecule has 2 heteroatoms. The van der Waals surface area contributed by atoms with Crippen LogP contribution in [0, 0.1) is 0 Å². The average Bonchev–Trinajstić information content (AvgIpc) is 2.72. The van der Waals surface area contributed by atoms with Crippen molar-refractivity contribution in [3.05, 3.63) is 35.9 Å². The highest BCUT2D eigenvalue weighted by Crippen LogP contribution is 2.56.